The van der Waals surface area contributed by atoms with Crippen LogP contribution in [-0.4, -0.2) is 36.1 Å². The standard InChI is InChI=1S/C11H17N3O2S/c1-16-5-2-6-17-8-11(15)14-10-4-3-9(12)7-13-10/h3-4,7H,2,5-6,8,12H2,1H3,(H,13,14,15). The van der Waals surface area contributed by atoms with Gasteiger partial charge in [-0.05, 0) is 24.3 Å². The largest absolute Gasteiger partial charge is 0.397 e. The predicted molar refractivity (Wildman–Crippen MR) is 71.1 cm³/mol. The Morgan fingerprint density at radius 1 is 1.59 bits per heavy atom. The fraction of sp³-hybridized carbons (Fsp3) is 0.455. The second-order valence-electron chi connectivity index (χ2n) is 3.42. The minimum absolute atomic E-state index is 0.0512. The molecule has 0 saturated carbocycles. The highest BCUT2D eigenvalue weighted by Gasteiger charge is 2.02. The van der Waals surface area contributed by atoms with Crippen LogP contribution in [0.25, 0.3) is 0 Å². The van der Waals surface area contributed by atoms with E-state index in [0.29, 0.717) is 17.3 Å². The Balaban J connectivity index is 2.18. The van der Waals surface area contributed by atoms with Gasteiger partial charge in [-0.15, -0.1) is 0 Å². The Labute approximate surface area is 105 Å². The summed E-state index contributed by atoms with van der Waals surface area (Å²) in [5.41, 5.74) is 6.07. The van der Waals surface area contributed by atoms with Gasteiger partial charge in [0.15, 0.2) is 0 Å². The topological polar surface area (TPSA) is 77.2 Å². The van der Waals surface area contributed by atoms with E-state index in [1.807, 2.05) is 0 Å². The fourth-order valence-electron chi connectivity index (χ4n) is 1.13. The van der Waals surface area contributed by atoms with Gasteiger partial charge in [-0.1, -0.05) is 0 Å². The summed E-state index contributed by atoms with van der Waals surface area (Å²) in [7, 11) is 1.67. The second kappa shape index (κ2) is 7.92. The molecule has 3 N–H and O–H groups in total. The molecule has 1 heterocycles. The molecule has 17 heavy (non-hydrogen) atoms. The molecule has 94 valence electrons. The minimum Gasteiger partial charge on any atom is -0.397 e. The summed E-state index contributed by atoms with van der Waals surface area (Å²) in [6.07, 6.45) is 2.47. The molecular formula is C11H17N3O2S. The molecule has 0 aliphatic heterocycles. The van der Waals surface area contributed by atoms with Crippen molar-refractivity contribution in [2.75, 3.05) is 36.3 Å². The Hall–Kier alpha value is -1.27. The lowest BCUT2D eigenvalue weighted by molar-refractivity contribution is -0.113. The van der Waals surface area contributed by atoms with E-state index >= 15 is 0 Å². The number of rotatable bonds is 7. The number of nitrogens with one attached hydrogen (secondary N) is 1. The van der Waals surface area contributed by atoms with E-state index in [1.54, 1.807) is 31.0 Å². The molecule has 1 aromatic rings. The van der Waals surface area contributed by atoms with Gasteiger partial charge in [0.25, 0.3) is 0 Å². The van der Waals surface area contributed by atoms with Crippen LogP contribution in [0.5, 0.6) is 0 Å². The number of carbonyl (C=O) groups excluding carboxylic acids is 1. The third-order valence-electron chi connectivity index (χ3n) is 1.92. The van der Waals surface area contributed by atoms with Gasteiger partial charge in [0.2, 0.25) is 5.91 Å². The van der Waals surface area contributed by atoms with Crippen molar-refractivity contribution in [2.45, 2.75) is 6.42 Å². The van der Waals surface area contributed by atoms with Gasteiger partial charge in [-0.3, -0.25) is 4.79 Å². The summed E-state index contributed by atoms with van der Waals surface area (Å²) < 4.78 is 4.92. The highest BCUT2D eigenvalue weighted by Crippen LogP contribution is 2.08. The summed E-state index contributed by atoms with van der Waals surface area (Å²) in [5, 5.41) is 2.70. The van der Waals surface area contributed by atoms with Crippen LogP contribution in [0.1, 0.15) is 6.42 Å². The summed E-state index contributed by atoms with van der Waals surface area (Å²) in [6.45, 7) is 0.730. The van der Waals surface area contributed by atoms with Crippen molar-refractivity contribution in [3.63, 3.8) is 0 Å². The molecule has 0 aliphatic rings. The highest BCUT2D eigenvalue weighted by atomic mass is 32.2. The Bertz CT molecular complexity index is 343. The Kier molecular flexibility index (Phi) is 6.42. The number of hydrogen-bond donors (Lipinski definition) is 2. The zero-order valence-corrected chi connectivity index (χ0v) is 10.6. The lowest BCUT2D eigenvalue weighted by Gasteiger charge is -2.04. The molecule has 0 fully saturated rings. The van der Waals surface area contributed by atoms with Crippen LogP contribution < -0.4 is 11.1 Å². The first-order valence-corrected chi connectivity index (χ1v) is 6.46. The van der Waals surface area contributed by atoms with Gasteiger partial charge in [-0.2, -0.15) is 11.8 Å². The number of aromatic nitrogens is 1. The first kappa shape index (κ1) is 13.8. The molecule has 0 radical (unpaired) electrons. The lowest BCUT2D eigenvalue weighted by Crippen LogP contribution is -2.15. The number of ether oxygens (including phenoxy) is 1. The third-order valence-corrected chi connectivity index (χ3v) is 2.97. The molecule has 6 heteroatoms. The van der Waals surface area contributed by atoms with Crippen LogP contribution in [0.3, 0.4) is 0 Å². The predicted octanol–water partition coefficient (Wildman–Crippen LogP) is 1.37. The Morgan fingerprint density at radius 3 is 3.06 bits per heavy atom. The maximum Gasteiger partial charge on any atom is 0.235 e. The van der Waals surface area contributed by atoms with Crippen LogP contribution in [0.2, 0.25) is 0 Å². The summed E-state index contributed by atoms with van der Waals surface area (Å²) in [5.74, 6) is 1.82. The van der Waals surface area contributed by atoms with E-state index in [0.717, 1.165) is 18.8 Å². The number of thioether (sulfide) groups is 1. The van der Waals surface area contributed by atoms with E-state index in [9.17, 15) is 4.79 Å². The molecule has 0 unspecified atom stereocenters. The number of hydrogen-bond acceptors (Lipinski definition) is 5. The molecular weight excluding hydrogens is 238 g/mol. The number of nitrogen functional groups attached to an aromatic ring is 1. The normalized spacial score (nSPS) is 10.2. The third kappa shape index (κ3) is 6.13. The lowest BCUT2D eigenvalue weighted by atomic mass is 10.4. The van der Waals surface area contributed by atoms with Crippen molar-refractivity contribution >= 4 is 29.2 Å². The Morgan fingerprint density at radius 2 is 2.41 bits per heavy atom. The van der Waals surface area contributed by atoms with E-state index in [-0.39, 0.29) is 5.91 Å². The van der Waals surface area contributed by atoms with Gasteiger partial charge in [0.05, 0.1) is 17.6 Å². The molecule has 0 saturated heterocycles. The summed E-state index contributed by atoms with van der Waals surface area (Å²) in [4.78, 5) is 15.5. The van der Waals surface area contributed by atoms with E-state index in [2.05, 4.69) is 10.3 Å². The van der Waals surface area contributed by atoms with Crippen molar-refractivity contribution in [1.82, 2.24) is 4.98 Å². The SMILES string of the molecule is COCCCSCC(=O)Nc1ccc(N)cn1. The van der Waals surface area contributed by atoms with Crippen LogP contribution >= 0.6 is 11.8 Å². The van der Waals surface area contributed by atoms with Crippen molar-refractivity contribution in [3.05, 3.63) is 18.3 Å². The number of pyridine rings is 1. The van der Waals surface area contributed by atoms with Gasteiger partial charge < -0.3 is 15.8 Å². The molecule has 0 aromatic carbocycles. The molecule has 0 aliphatic carbocycles. The van der Waals surface area contributed by atoms with E-state index in [4.69, 9.17) is 10.5 Å². The molecule has 0 spiro atoms. The van der Waals surface area contributed by atoms with E-state index < -0.39 is 0 Å². The number of carbonyl (C=O) groups is 1. The van der Waals surface area contributed by atoms with Crippen molar-refractivity contribution in [1.29, 1.82) is 0 Å². The van der Waals surface area contributed by atoms with E-state index in [1.165, 1.54) is 6.20 Å². The zero-order chi connectivity index (χ0) is 12.5. The average molecular weight is 255 g/mol. The van der Waals surface area contributed by atoms with Gasteiger partial charge in [0, 0.05) is 13.7 Å². The fourth-order valence-corrected chi connectivity index (χ4v) is 1.85. The number of methoxy groups -OCH3 is 1. The summed E-state index contributed by atoms with van der Waals surface area (Å²) in [6, 6.07) is 3.39. The minimum atomic E-state index is -0.0512. The van der Waals surface area contributed by atoms with Crippen LogP contribution in [-0.2, 0) is 9.53 Å². The highest BCUT2D eigenvalue weighted by molar-refractivity contribution is 7.99. The number of anilines is 2. The van der Waals surface area contributed by atoms with Gasteiger partial charge in [-0.25, -0.2) is 4.98 Å². The van der Waals surface area contributed by atoms with Crippen molar-refractivity contribution < 1.29 is 9.53 Å². The smallest absolute Gasteiger partial charge is 0.235 e. The number of nitrogens with zero attached hydrogens (tertiary/aromatic N) is 1. The van der Waals surface area contributed by atoms with Crippen LogP contribution in [0.4, 0.5) is 11.5 Å². The quantitative estimate of drug-likeness (QED) is 0.720. The monoisotopic (exact) mass is 255 g/mol. The molecule has 1 aromatic heterocycles. The van der Waals surface area contributed by atoms with Gasteiger partial charge >= 0.3 is 0 Å². The van der Waals surface area contributed by atoms with Crippen molar-refractivity contribution in [3.8, 4) is 0 Å². The molecule has 5 nitrogen and oxygen atoms in total. The molecule has 0 atom stereocenters. The summed E-state index contributed by atoms with van der Waals surface area (Å²) >= 11 is 1.58. The average Bonchev–Trinajstić information content (AvgIpc) is 2.32. The zero-order valence-electron chi connectivity index (χ0n) is 9.81. The molecule has 0 bridgehead atoms. The van der Waals surface area contributed by atoms with Crippen molar-refractivity contribution in [2.24, 2.45) is 0 Å². The van der Waals surface area contributed by atoms with Gasteiger partial charge in [0.1, 0.15) is 5.82 Å². The maximum absolute atomic E-state index is 11.5. The first-order chi connectivity index (χ1) is 8.22. The number of amides is 1. The van der Waals surface area contributed by atoms with Crippen LogP contribution in [0.15, 0.2) is 18.3 Å². The number of nitrogens with two attached hydrogens (primary N) is 1. The molecule has 1 rings (SSSR count). The maximum atomic E-state index is 11.5. The molecule has 1 amide bonds. The first-order valence-electron chi connectivity index (χ1n) is 5.30. The van der Waals surface area contributed by atoms with Crippen LogP contribution in [0, 0.1) is 0 Å². The second-order valence-corrected chi connectivity index (χ2v) is 4.53.